The summed E-state index contributed by atoms with van der Waals surface area (Å²) in [5.74, 6) is 0.0747. The van der Waals surface area contributed by atoms with Gasteiger partial charge in [-0.1, -0.05) is 0 Å². The lowest BCUT2D eigenvalue weighted by Crippen LogP contribution is -2.29. The van der Waals surface area contributed by atoms with Gasteiger partial charge in [0, 0.05) is 6.04 Å². The van der Waals surface area contributed by atoms with Crippen molar-refractivity contribution in [2.75, 3.05) is 13.2 Å². The molecule has 0 aliphatic carbocycles. The van der Waals surface area contributed by atoms with E-state index in [2.05, 4.69) is 0 Å². The van der Waals surface area contributed by atoms with Crippen LogP contribution in [0.5, 0.6) is 0 Å². The lowest BCUT2D eigenvalue weighted by molar-refractivity contribution is -0.161. The van der Waals surface area contributed by atoms with Crippen molar-refractivity contribution in [3.8, 4) is 0 Å². The van der Waals surface area contributed by atoms with Crippen molar-refractivity contribution in [1.29, 1.82) is 0 Å². The van der Waals surface area contributed by atoms with E-state index in [1.165, 1.54) is 5.06 Å². The number of hydrogen-bond acceptors (Lipinski definition) is 3. The zero-order valence-corrected chi connectivity index (χ0v) is 6.75. The summed E-state index contributed by atoms with van der Waals surface area (Å²) in [6.45, 7) is 3.06. The fourth-order valence-electron chi connectivity index (χ4n) is 0.950. The number of hydrogen-bond donors (Lipinski definition) is 1. The number of amides is 1. The van der Waals surface area contributed by atoms with Gasteiger partial charge in [0.25, 0.3) is 0 Å². The number of carbonyl (C=O) groups excluding carboxylic acids is 1. The molecule has 1 amide bonds. The first-order valence-corrected chi connectivity index (χ1v) is 3.89. The molecule has 0 radical (unpaired) electrons. The summed E-state index contributed by atoms with van der Waals surface area (Å²) >= 11 is 0. The number of nitrogens with zero attached hydrogens (tertiary/aromatic N) is 1. The van der Waals surface area contributed by atoms with Gasteiger partial charge in [0.1, 0.15) is 0 Å². The van der Waals surface area contributed by atoms with Crippen LogP contribution in [0.4, 0.5) is 0 Å². The Morgan fingerprint density at radius 3 is 3.00 bits per heavy atom. The molecule has 1 rings (SSSR count). The molecular formula is C7H14N2O2. The molecule has 0 saturated carbocycles. The van der Waals surface area contributed by atoms with Gasteiger partial charge in [-0.3, -0.25) is 9.63 Å². The Bertz CT molecular complexity index is 147. The molecule has 4 nitrogen and oxygen atoms in total. The van der Waals surface area contributed by atoms with Gasteiger partial charge in [-0.05, 0) is 13.3 Å². The van der Waals surface area contributed by atoms with Crippen LogP contribution < -0.4 is 5.73 Å². The minimum Gasteiger partial charge on any atom is -0.328 e. The summed E-state index contributed by atoms with van der Waals surface area (Å²) in [6, 6.07) is 0.131. The summed E-state index contributed by atoms with van der Waals surface area (Å²) in [6.07, 6.45) is 1.31. The van der Waals surface area contributed by atoms with Gasteiger partial charge in [-0.2, -0.15) is 0 Å². The van der Waals surface area contributed by atoms with E-state index in [0.717, 1.165) is 6.42 Å². The smallest absolute Gasteiger partial charge is 0.248 e. The number of nitrogens with two attached hydrogens (primary N) is 1. The van der Waals surface area contributed by atoms with E-state index in [-0.39, 0.29) is 11.9 Å². The largest absolute Gasteiger partial charge is 0.328 e. The van der Waals surface area contributed by atoms with Crippen molar-refractivity contribution < 1.29 is 9.63 Å². The van der Waals surface area contributed by atoms with Crippen LogP contribution in [0.3, 0.4) is 0 Å². The number of rotatable bonds is 3. The van der Waals surface area contributed by atoms with Crippen LogP contribution in [-0.2, 0) is 9.63 Å². The van der Waals surface area contributed by atoms with Gasteiger partial charge in [-0.15, -0.1) is 0 Å². The normalized spacial score (nSPS) is 20.9. The van der Waals surface area contributed by atoms with E-state index in [4.69, 9.17) is 10.6 Å². The molecule has 0 spiro atoms. The topological polar surface area (TPSA) is 55.6 Å². The first-order valence-electron chi connectivity index (χ1n) is 3.89. The second-order valence-electron chi connectivity index (χ2n) is 2.85. The standard InChI is InChI=1S/C7H14N2O2/c1-6(8)2-4-9-7(10)3-5-11-9/h6H,2-5,8H2,1H3. The highest BCUT2D eigenvalue weighted by atomic mass is 16.7. The van der Waals surface area contributed by atoms with Gasteiger partial charge >= 0.3 is 0 Å². The highest BCUT2D eigenvalue weighted by Crippen LogP contribution is 2.06. The summed E-state index contributed by atoms with van der Waals surface area (Å²) in [5.41, 5.74) is 5.52. The monoisotopic (exact) mass is 158 g/mol. The SMILES string of the molecule is CC(N)CCN1OCCC1=O. The van der Waals surface area contributed by atoms with E-state index < -0.39 is 0 Å². The third kappa shape index (κ3) is 2.48. The molecule has 0 bridgehead atoms. The lowest BCUT2D eigenvalue weighted by atomic mass is 10.2. The molecule has 1 unspecified atom stereocenters. The predicted molar refractivity (Wildman–Crippen MR) is 40.5 cm³/mol. The molecule has 0 aromatic heterocycles. The lowest BCUT2D eigenvalue weighted by Gasteiger charge is -2.14. The number of carbonyl (C=O) groups is 1. The van der Waals surface area contributed by atoms with E-state index in [0.29, 0.717) is 19.6 Å². The molecule has 64 valence electrons. The Morgan fingerprint density at radius 2 is 2.55 bits per heavy atom. The molecule has 1 atom stereocenters. The first kappa shape index (κ1) is 8.49. The summed E-state index contributed by atoms with van der Waals surface area (Å²) in [5, 5.41) is 1.41. The van der Waals surface area contributed by atoms with Gasteiger partial charge < -0.3 is 5.73 Å². The molecule has 1 fully saturated rings. The van der Waals surface area contributed by atoms with Gasteiger partial charge in [-0.25, -0.2) is 5.06 Å². The van der Waals surface area contributed by atoms with Crippen LogP contribution in [0.25, 0.3) is 0 Å². The van der Waals surface area contributed by atoms with E-state index in [1.807, 2.05) is 6.92 Å². The molecule has 0 aromatic carbocycles. The van der Waals surface area contributed by atoms with Gasteiger partial charge in [0.2, 0.25) is 5.91 Å². The fourth-order valence-corrected chi connectivity index (χ4v) is 0.950. The zero-order chi connectivity index (χ0) is 8.27. The highest BCUT2D eigenvalue weighted by molar-refractivity contribution is 5.76. The van der Waals surface area contributed by atoms with E-state index in [1.54, 1.807) is 0 Å². The van der Waals surface area contributed by atoms with Crippen molar-refractivity contribution in [3.05, 3.63) is 0 Å². The molecular weight excluding hydrogens is 144 g/mol. The second kappa shape index (κ2) is 3.69. The van der Waals surface area contributed by atoms with Crippen LogP contribution in [0.1, 0.15) is 19.8 Å². The van der Waals surface area contributed by atoms with Gasteiger partial charge in [0.05, 0.1) is 19.6 Å². The fraction of sp³-hybridized carbons (Fsp3) is 0.857. The van der Waals surface area contributed by atoms with Gasteiger partial charge in [0.15, 0.2) is 0 Å². The summed E-state index contributed by atoms with van der Waals surface area (Å²) in [7, 11) is 0. The third-order valence-corrected chi connectivity index (χ3v) is 1.63. The minimum atomic E-state index is 0.0747. The first-order chi connectivity index (χ1) is 5.20. The summed E-state index contributed by atoms with van der Waals surface area (Å²) in [4.78, 5) is 16.0. The van der Waals surface area contributed by atoms with Crippen molar-refractivity contribution in [2.45, 2.75) is 25.8 Å². The van der Waals surface area contributed by atoms with Crippen LogP contribution in [-0.4, -0.2) is 30.2 Å². The van der Waals surface area contributed by atoms with Crippen LogP contribution in [0.15, 0.2) is 0 Å². The Labute approximate surface area is 66.3 Å². The Balaban J connectivity index is 2.20. The molecule has 0 aromatic rings. The predicted octanol–water partition coefficient (Wildman–Crippen LogP) is -0.112. The quantitative estimate of drug-likeness (QED) is 0.623. The maximum absolute atomic E-state index is 10.9. The number of hydroxylamine groups is 2. The maximum atomic E-state index is 10.9. The molecule has 1 aliphatic heterocycles. The Morgan fingerprint density at radius 1 is 1.82 bits per heavy atom. The third-order valence-electron chi connectivity index (χ3n) is 1.63. The molecule has 1 saturated heterocycles. The van der Waals surface area contributed by atoms with E-state index >= 15 is 0 Å². The minimum absolute atomic E-state index is 0.0747. The molecule has 11 heavy (non-hydrogen) atoms. The van der Waals surface area contributed by atoms with Crippen molar-refractivity contribution >= 4 is 5.91 Å². The maximum Gasteiger partial charge on any atom is 0.248 e. The van der Waals surface area contributed by atoms with Crippen LogP contribution in [0.2, 0.25) is 0 Å². The van der Waals surface area contributed by atoms with Crippen molar-refractivity contribution in [2.24, 2.45) is 5.73 Å². The molecule has 1 aliphatic rings. The molecule has 2 N–H and O–H groups in total. The Hall–Kier alpha value is -0.610. The summed E-state index contributed by atoms with van der Waals surface area (Å²) < 4.78 is 0. The van der Waals surface area contributed by atoms with Crippen LogP contribution >= 0.6 is 0 Å². The molecule has 4 heteroatoms. The van der Waals surface area contributed by atoms with Crippen molar-refractivity contribution in [1.82, 2.24) is 5.06 Å². The zero-order valence-electron chi connectivity index (χ0n) is 6.75. The molecule has 1 heterocycles. The van der Waals surface area contributed by atoms with E-state index in [9.17, 15) is 4.79 Å². The van der Waals surface area contributed by atoms with Crippen LogP contribution in [0, 0.1) is 0 Å². The average molecular weight is 158 g/mol. The Kier molecular flexibility index (Phi) is 2.84. The average Bonchev–Trinajstić information content (AvgIpc) is 2.31. The second-order valence-corrected chi connectivity index (χ2v) is 2.85. The highest BCUT2D eigenvalue weighted by Gasteiger charge is 2.20. The van der Waals surface area contributed by atoms with Crippen molar-refractivity contribution in [3.63, 3.8) is 0 Å².